The van der Waals surface area contributed by atoms with Crippen molar-refractivity contribution in [3.8, 4) is 5.75 Å². The van der Waals surface area contributed by atoms with Crippen molar-refractivity contribution in [1.29, 1.82) is 0 Å². The number of aromatic hydroxyl groups is 1. The third-order valence-corrected chi connectivity index (χ3v) is 3.37. The lowest BCUT2D eigenvalue weighted by Crippen LogP contribution is -2.42. The molecule has 0 saturated heterocycles. The molecule has 1 heterocycles. The van der Waals surface area contributed by atoms with Crippen LogP contribution in [0.4, 0.5) is 0 Å². The molecule has 17 heavy (non-hydrogen) atoms. The van der Waals surface area contributed by atoms with Gasteiger partial charge in [-0.05, 0) is 31.0 Å². The second kappa shape index (κ2) is 4.65. The molecule has 0 saturated carbocycles. The molecule has 0 aliphatic carbocycles. The first kappa shape index (κ1) is 11.8. The molecular formula is C13H19N3O. The number of rotatable bonds is 3. The van der Waals surface area contributed by atoms with Crippen LogP contribution >= 0.6 is 0 Å². The van der Waals surface area contributed by atoms with Gasteiger partial charge in [0, 0.05) is 6.04 Å². The SMILES string of the molecule is CCC(C)N1C(N)=NCC1c1ccc(O)cc1. The van der Waals surface area contributed by atoms with Gasteiger partial charge in [0.1, 0.15) is 5.75 Å². The largest absolute Gasteiger partial charge is 0.508 e. The highest BCUT2D eigenvalue weighted by Crippen LogP contribution is 2.29. The summed E-state index contributed by atoms with van der Waals surface area (Å²) >= 11 is 0. The van der Waals surface area contributed by atoms with Gasteiger partial charge < -0.3 is 15.7 Å². The number of guanidine groups is 1. The van der Waals surface area contributed by atoms with Gasteiger partial charge in [-0.15, -0.1) is 0 Å². The van der Waals surface area contributed by atoms with E-state index in [1.165, 1.54) is 0 Å². The number of nitrogens with zero attached hydrogens (tertiary/aromatic N) is 2. The second-order valence-electron chi connectivity index (χ2n) is 4.47. The van der Waals surface area contributed by atoms with Crippen molar-refractivity contribution < 1.29 is 5.11 Å². The van der Waals surface area contributed by atoms with Gasteiger partial charge >= 0.3 is 0 Å². The standard InChI is InChI=1S/C13H19N3O/c1-3-9(2)16-12(8-15-13(16)14)10-4-6-11(17)7-5-10/h4-7,9,12,17H,3,8H2,1-2H3,(H2,14,15). The van der Waals surface area contributed by atoms with Crippen LogP contribution in [0.1, 0.15) is 31.9 Å². The average molecular weight is 233 g/mol. The number of hydrogen-bond donors (Lipinski definition) is 2. The number of phenolic OH excluding ortho intramolecular Hbond substituents is 1. The van der Waals surface area contributed by atoms with E-state index in [9.17, 15) is 5.11 Å². The maximum atomic E-state index is 9.31. The summed E-state index contributed by atoms with van der Waals surface area (Å²) < 4.78 is 0. The molecule has 0 bridgehead atoms. The van der Waals surface area contributed by atoms with Gasteiger partial charge in [0.25, 0.3) is 0 Å². The second-order valence-corrected chi connectivity index (χ2v) is 4.47. The molecule has 2 unspecified atom stereocenters. The van der Waals surface area contributed by atoms with Gasteiger partial charge in [-0.25, -0.2) is 0 Å². The number of aliphatic imine (C=N–C) groups is 1. The Balaban J connectivity index is 2.24. The number of nitrogens with two attached hydrogens (primary N) is 1. The van der Waals surface area contributed by atoms with Crippen LogP contribution in [0.3, 0.4) is 0 Å². The summed E-state index contributed by atoms with van der Waals surface area (Å²) in [5, 5.41) is 9.31. The molecule has 0 fully saturated rings. The summed E-state index contributed by atoms with van der Waals surface area (Å²) in [4.78, 5) is 6.48. The molecule has 1 aliphatic heterocycles. The van der Waals surface area contributed by atoms with E-state index in [2.05, 4.69) is 23.7 Å². The molecule has 2 atom stereocenters. The average Bonchev–Trinajstić information content (AvgIpc) is 2.71. The lowest BCUT2D eigenvalue weighted by molar-refractivity contribution is 0.268. The summed E-state index contributed by atoms with van der Waals surface area (Å²) in [5.41, 5.74) is 7.09. The Hall–Kier alpha value is -1.71. The first-order valence-corrected chi connectivity index (χ1v) is 6.00. The first-order valence-electron chi connectivity index (χ1n) is 6.00. The normalized spacial score (nSPS) is 21.4. The predicted molar refractivity (Wildman–Crippen MR) is 68.9 cm³/mol. The maximum absolute atomic E-state index is 9.31. The van der Waals surface area contributed by atoms with E-state index in [-0.39, 0.29) is 11.8 Å². The maximum Gasteiger partial charge on any atom is 0.192 e. The quantitative estimate of drug-likeness (QED) is 0.837. The van der Waals surface area contributed by atoms with Gasteiger partial charge in [0.05, 0.1) is 12.6 Å². The van der Waals surface area contributed by atoms with Crippen LogP contribution in [0.25, 0.3) is 0 Å². The van der Waals surface area contributed by atoms with Crippen molar-refractivity contribution in [2.75, 3.05) is 6.54 Å². The molecular weight excluding hydrogens is 214 g/mol. The highest BCUT2D eigenvalue weighted by atomic mass is 16.3. The first-order chi connectivity index (χ1) is 8.13. The fourth-order valence-corrected chi connectivity index (χ4v) is 2.20. The summed E-state index contributed by atoms with van der Waals surface area (Å²) in [6, 6.07) is 7.86. The summed E-state index contributed by atoms with van der Waals surface area (Å²) in [5.74, 6) is 0.910. The number of benzene rings is 1. The smallest absolute Gasteiger partial charge is 0.192 e. The van der Waals surface area contributed by atoms with Gasteiger partial charge in [0.2, 0.25) is 0 Å². The molecule has 0 amide bonds. The van der Waals surface area contributed by atoms with Crippen LogP contribution in [0.2, 0.25) is 0 Å². The highest BCUT2D eigenvalue weighted by molar-refractivity contribution is 5.80. The molecule has 3 N–H and O–H groups in total. The van der Waals surface area contributed by atoms with E-state index in [1.807, 2.05) is 12.1 Å². The molecule has 0 radical (unpaired) electrons. The van der Waals surface area contributed by atoms with E-state index < -0.39 is 0 Å². The molecule has 0 spiro atoms. The van der Waals surface area contributed by atoms with Crippen molar-refractivity contribution in [3.05, 3.63) is 29.8 Å². The predicted octanol–water partition coefficient (Wildman–Crippen LogP) is 1.86. The molecule has 0 aromatic heterocycles. The van der Waals surface area contributed by atoms with Crippen LogP contribution in [-0.2, 0) is 0 Å². The van der Waals surface area contributed by atoms with Gasteiger partial charge in [-0.2, -0.15) is 0 Å². The molecule has 2 rings (SSSR count). The van der Waals surface area contributed by atoms with E-state index >= 15 is 0 Å². The molecule has 4 heteroatoms. The van der Waals surface area contributed by atoms with Gasteiger partial charge in [-0.3, -0.25) is 4.99 Å². The summed E-state index contributed by atoms with van der Waals surface area (Å²) in [6.45, 7) is 4.99. The van der Waals surface area contributed by atoms with E-state index in [1.54, 1.807) is 12.1 Å². The Bertz CT molecular complexity index is 413. The van der Waals surface area contributed by atoms with Crippen LogP contribution in [0.5, 0.6) is 5.75 Å². The van der Waals surface area contributed by atoms with Gasteiger partial charge in [0.15, 0.2) is 5.96 Å². The van der Waals surface area contributed by atoms with Crippen molar-refractivity contribution in [1.82, 2.24) is 4.90 Å². The van der Waals surface area contributed by atoms with E-state index in [0.717, 1.165) is 12.0 Å². The number of phenols is 1. The zero-order chi connectivity index (χ0) is 12.4. The molecule has 4 nitrogen and oxygen atoms in total. The zero-order valence-electron chi connectivity index (χ0n) is 10.3. The Kier molecular flexibility index (Phi) is 3.22. The van der Waals surface area contributed by atoms with Crippen LogP contribution in [0.15, 0.2) is 29.3 Å². The van der Waals surface area contributed by atoms with Crippen LogP contribution in [0, 0.1) is 0 Å². The fourth-order valence-electron chi connectivity index (χ4n) is 2.20. The molecule has 92 valence electrons. The fraction of sp³-hybridized carbons (Fsp3) is 0.462. The third kappa shape index (κ3) is 2.20. The van der Waals surface area contributed by atoms with Crippen LogP contribution < -0.4 is 5.73 Å². The van der Waals surface area contributed by atoms with Crippen molar-refractivity contribution in [3.63, 3.8) is 0 Å². The highest BCUT2D eigenvalue weighted by Gasteiger charge is 2.30. The minimum absolute atomic E-state index is 0.200. The minimum Gasteiger partial charge on any atom is -0.508 e. The Morgan fingerprint density at radius 1 is 1.47 bits per heavy atom. The lowest BCUT2D eigenvalue weighted by Gasteiger charge is -2.32. The minimum atomic E-state index is 0.200. The molecule has 1 aromatic rings. The zero-order valence-corrected chi connectivity index (χ0v) is 10.3. The molecule has 1 aromatic carbocycles. The monoisotopic (exact) mass is 233 g/mol. The van der Waals surface area contributed by atoms with E-state index in [4.69, 9.17) is 5.73 Å². The summed E-state index contributed by atoms with van der Waals surface area (Å²) in [7, 11) is 0. The number of hydrogen-bond acceptors (Lipinski definition) is 4. The van der Waals surface area contributed by atoms with E-state index in [0.29, 0.717) is 18.5 Å². The Morgan fingerprint density at radius 3 is 2.71 bits per heavy atom. The van der Waals surface area contributed by atoms with Crippen molar-refractivity contribution in [2.24, 2.45) is 10.7 Å². The summed E-state index contributed by atoms with van der Waals surface area (Å²) in [6.07, 6.45) is 1.03. The Labute approximate surface area is 102 Å². The Morgan fingerprint density at radius 2 is 2.12 bits per heavy atom. The topological polar surface area (TPSA) is 61.8 Å². The molecule has 1 aliphatic rings. The van der Waals surface area contributed by atoms with Crippen molar-refractivity contribution in [2.45, 2.75) is 32.4 Å². The van der Waals surface area contributed by atoms with Crippen LogP contribution in [-0.4, -0.2) is 28.6 Å². The van der Waals surface area contributed by atoms with Crippen molar-refractivity contribution >= 4 is 5.96 Å². The third-order valence-electron chi connectivity index (χ3n) is 3.37. The lowest BCUT2D eigenvalue weighted by atomic mass is 10.0. The van der Waals surface area contributed by atoms with Gasteiger partial charge in [-0.1, -0.05) is 19.1 Å².